The molecule has 2 aliphatic heterocycles. The summed E-state index contributed by atoms with van der Waals surface area (Å²) in [6, 6.07) is 20.6. The van der Waals surface area contributed by atoms with Gasteiger partial charge in [-0.05, 0) is 60.9 Å². The highest BCUT2D eigenvalue weighted by Gasteiger charge is 2.44. The number of rotatable bonds is 6. The second kappa shape index (κ2) is 9.65. The molecule has 2 heterocycles. The molecule has 2 atom stereocenters. The van der Waals surface area contributed by atoms with Crippen molar-refractivity contribution in [2.24, 2.45) is 0 Å². The number of aromatic hydroxyl groups is 2. The zero-order chi connectivity index (χ0) is 23.5. The fraction of sp³-hybridized carbons (Fsp3) is 0.286. The van der Waals surface area contributed by atoms with E-state index in [1.807, 2.05) is 30.3 Å². The first-order valence-electron chi connectivity index (χ1n) is 11.6. The van der Waals surface area contributed by atoms with Gasteiger partial charge in [0, 0.05) is 25.7 Å². The van der Waals surface area contributed by atoms with Crippen LogP contribution in [0, 0.1) is 0 Å². The van der Waals surface area contributed by atoms with Crippen LogP contribution in [-0.2, 0) is 4.75 Å². The van der Waals surface area contributed by atoms with Gasteiger partial charge in [-0.15, -0.1) is 11.8 Å². The SMILES string of the molecule is CC1(c2ccc(O)cc2)Sc2ccc(O)cc2O[C@@H]1c1ccc(OCCN2CC=CCC2)cc1. The zero-order valence-electron chi connectivity index (χ0n) is 19.2. The van der Waals surface area contributed by atoms with Crippen LogP contribution in [-0.4, -0.2) is 41.4 Å². The van der Waals surface area contributed by atoms with E-state index in [-0.39, 0.29) is 17.6 Å². The molecule has 3 aromatic carbocycles. The summed E-state index contributed by atoms with van der Waals surface area (Å²) < 4.78 is 12.1. The van der Waals surface area contributed by atoms with E-state index in [2.05, 4.69) is 36.1 Å². The Bertz CT molecular complexity index is 1160. The maximum atomic E-state index is 10.00. The van der Waals surface area contributed by atoms with E-state index in [1.54, 1.807) is 36.0 Å². The zero-order valence-corrected chi connectivity index (χ0v) is 20.0. The van der Waals surface area contributed by atoms with Crippen molar-refractivity contribution in [3.05, 3.63) is 90.0 Å². The molecular formula is C28H29NO4S. The molecule has 0 aromatic heterocycles. The number of hydrogen-bond donors (Lipinski definition) is 2. The average Bonchev–Trinajstić information content (AvgIpc) is 2.85. The van der Waals surface area contributed by atoms with Crippen LogP contribution in [0.4, 0.5) is 0 Å². The fourth-order valence-corrected chi connectivity index (χ4v) is 5.85. The van der Waals surface area contributed by atoms with Crippen LogP contribution in [0.5, 0.6) is 23.0 Å². The molecule has 2 N–H and O–H groups in total. The molecule has 0 aliphatic carbocycles. The predicted molar refractivity (Wildman–Crippen MR) is 135 cm³/mol. The van der Waals surface area contributed by atoms with Gasteiger partial charge < -0.3 is 19.7 Å². The lowest BCUT2D eigenvalue weighted by Crippen LogP contribution is -2.34. The van der Waals surface area contributed by atoms with E-state index >= 15 is 0 Å². The van der Waals surface area contributed by atoms with Crippen molar-refractivity contribution in [3.8, 4) is 23.0 Å². The van der Waals surface area contributed by atoms with E-state index in [9.17, 15) is 10.2 Å². The normalized spacial score (nSPS) is 22.1. The molecule has 34 heavy (non-hydrogen) atoms. The molecule has 0 saturated heterocycles. The monoisotopic (exact) mass is 475 g/mol. The van der Waals surface area contributed by atoms with Gasteiger partial charge in [0.1, 0.15) is 35.7 Å². The first-order chi connectivity index (χ1) is 16.5. The molecule has 1 unspecified atom stereocenters. The first kappa shape index (κ1) is 22.7. The quantitative estimate of drug-likeness (QED) is 0.434. The molecule has 0 fully saturated rings. The number of fused-ring (bicyclic) bond motifs is 1. The van der Waals surface area contributed by atoms with E-state index in [0.29, 0.717) is 12.4 Å². The highest BCUT2D eigenvalue weighted by molar-refractivity contribution is 8.00. The van der Waals surface area contributed by atoms with Gasteiger partial charge in [-0.1, -0.05) is 36.4 Å². The van der Waals surface area contributed by atoms with Crippen LogP contribution < -0.4 is 9.47 Å². The van der Waals surface area contributed by atoms with Crippen LogP contribution in [0.15, 0.2) is 83.8 Å². The molecule has 5 rings (SSSR count). The summed E-state index contributed by atoms with van der Waals surface area (Å²) in [5.41, 5.74) is 2.07. The predicted octanol–water partition coefficient (Wildman–Crippen LogP) is 5.88. The van der Waals surface area contributed by atoms with Crippen molar-refractivity contribution in [3.63, 3.8) is 0 Å². The molecule has 2 aliphatic rings. The van der Waals surface area contributed by atoms with Gasteiger partial charge in [0.15, 0.2) is 0 Å². The Labute approximate surface area is 204 Å². The van der Waals surface area contributed by atoms with Crippen LogP contribution in [0.1, 0.15) is 30.6 Å². The fourth-order valence-electron chi connectivity index (χ4n) is 4.51. The number of nitrogens with zero attached hydrogens (tertiary/aromatic N) is 1. The van der Waals surface area contributed by atoms with Crippen LogP contribution in [0.2, 0.25) is 0 Å². The number of phenolic OH excluding ortho intramolecular Hbond substituents is 2. The van der Waals surface area contributed by atoms with E-state index in [0.717, 1.165) is 47.8 Å². The summed E-state index contributed by atoms with van der Waals surface area (Å²) in [6.45, 7) is 5.80. The maximum Gasteiger partial charge on any atom is 0.143 e. The Kier molecular flexibility index (Phi) is 6.44. The third-order valence-corrected chi connectivity index (χ3v) is 7.87. The molecule has 5 nitrogen and oxygen atoms in total. The highest BCUT2D eigenvalue weighted by atomic mass is 32.2. The lowest BCUT2D eigenvalue weighted by molar-refractivity contribution is 0.151. The van der Waals surface area contributed by atoms with Crippen LogP contribution in [0.25, 0.3) is 0 Å². The minimum Gasteiger partial charge on any atom is -0.508 e. The molecule has 0 spiro atoms. The largest absolute Gasteiger partial charge is 0.508 e. The Morgan fingerprint density at radius 2 is 1.76 bits per heavy atom. The third kappa shape index (κ3) is 4.74. The molecule has 0 saturated carbocycles. The summed E-state index contributed by atoms with van der Waals surface area (Å²) >= 11 is 1.70. The lowest BCUT2D eigenvalue weighted by Gasteiger charge is -2.42. The van der Waals surface area contributed by atoms with Crippen molar-refractivity contribution in [1.82, 2.24) is 4.90 Å². The number of thioether (sulfide) groups is 1. The summed E-state index contributed by atoms with van der Waals surface area (Å²) in [7, 11) is 0. The van der Waals surface area contributed by atoms with Gasteiger partial charge >= 0.3 is 0 Å². The van der Waals surface area contributed by atoms with Crippen molar-refractivity contribution in [2.75, 3.05) is 26.2 Å². The van der Waals surface area contributed by atoms with Crippen LogP contribution >= 0.6 is 11.8 Å². The van der Waals surface area contributed by atoms with Gasteiger partial charge in [-0.25, -0.2) is 0 Å². The Morgan fingerprint density at radius 1 is 1.00 bits per heavy atom. The Morgan fingerprint density at radius 3 is 2.50 bits per heavy atom. The number of hydrogen-bond acceptors (Lipinski definition) is 6. The minimum atomic E-state index is -0.443. The van der Waals surface area contributed by atoms with Gasteiger partial charge in [0.2, 0.25) is 0 Å². The summed E-state index contributed by atoms with van der Waals surface area (Å²) in [4.78, 5) is 3.36. The number of benzene rings is 3. The Balaban J connectivity index is 1.38. The van der Waals surface area contributed by atoms with Gasteiger partial charge in [-0.2, -0.15) is 0 Å². The first-order valence-corrected chi connectivity index (χ1v) is 12.4. The van der Waals surface area contributed by atoms with Crippen molar-refractivity contribution in [1.29, 1.82) is 0 Å². The van der Waals surface area contributed by atoms with Gasteiger partial charge in [-0.3, -0.25) is 4.90 Å². The highest BCUT2D eigenvalue weighted by Crippen LogP contribution is 2.57. The maximum absolute atomic E-state index is 10.00. The van der Waals surface area contributed by atoms with Crippen molar-refractivity contribution < 1.29 is 19.7 Å². The van der Waals surface area contributed by atoms with E-state index in [1.165, 1.54) is 0 Å². The lowest BCUT2D eigenvalue weighted by atomic mass is 9.89. The summed E-state index contributed by atoms with van der Waals surface area (Å²) in [6.07, 6.45) is 5.25. The molecule has 0 radical (unpaired) electrons. The van der Waals surface area contributed by atoms with Crippen molar-refractivity contribution in [2.45, 2.75) is 29.1 Å². The molecule has 0 bridgehead atoms. The molecular weight excluding hydrogens is 446 g/mol. The van der Waals surface area contributed by atoms with E-state index in [4.69, 9.17) is 9.47 Å². The van der Waals surface area contributed by atoms with Crippen LogP contribution in [0.3, 0.4) is 0 Å². The molecule has 0 amide bonds. The smallest absolute Gasteiger partial charge is 0.143 e. The third-order valence-electron chi connectivity index (χ3n) is 6.44. The van der Waals surface area contributed by atoms with Crippen molar-refractivity contribution >= 4 is 11.8 Å². The number of phenols is 2. The standard InChI is InChI=1S/C28H29NO4S/c1-28(21-7-9-22(30)10-8-21)27(33-25-19-23(31)11-14-26(25)34-28)20-5-12-24(13-6-20)32-18-17-29-15-3-2-4-16-29/h2-3,5-14,19,27,30-31H,4,15-18H2,1H3/t27-,28?/m1/s1. The Hall–Kier alpha value is -3.09. The minimum absolute atomic E-state index is 0.180. The van der Waals surface area contributed by atoms with E-state index < -0.39 is 4.75 Å². The summed E-state index contributed by atoms with van der Waals surface area (Å²) in [5, 5.41) is 19.8. The summed E-state index contributed by atoms with van der Waals surface area (Å²) in [5.74, 6) is 1.92. The average molecular weight is 476 g/mol. The molecule has 176 valence electrons. The topological polar surface area (TPSA) is 62.2 Å². The second-order valence-corrected chi connectivity index (χ2v) is 10.4. The van der Waals surface area contributed by atoms with Gasteiger partial charge in [0.05, 0.1) is 9.64 Å². The molecule has 3 aromatic rings. The number of ether oxygens (including phenoxy) is 2. The molecule has 6 heteroatoms. The van der Waals surface area contributed by atoms with Gasteiger partial charge in [0.25, 0.3) is 0 Å². The second-order valence-electron chi connectivity index (χ2n) is 8.86.